The number of hydrogen-bond donors (Lipinski definition) is 1. The number of rotatable bonds is 4. The number of carbonyl (C=O) groups is 1. The van der Waals surface area contributed by atoms with Gasteiger partial charge in [0.25, 0.3) is 0 Å². The maximum absolute atomic E-state index is 11.8. The highest BCUT2D eigenvalue weighted by Gasteiger charge is 2.13. The summed E-state index contributed by atoms with van der Waals surface area (Å²) in [6, 6.07) is 10.2. The molecule has 7 heteroatoms. The highest BCUT2D eigenvalue weighted by atomic mass is 16.5. The molecule has 0 amide bonds. The monoisotopic (exact) mass is 326 g/mol. The van der Waals surface area contributed by atoms with Crippen LogP contribution >= 0.6 is 0 Å². The molecule has 0 fully saturated rings. The number of fused-ring (bicyclic) bond motifs is 1. The molecule has 0 saturated carbocycles. The number of carbonyl (C=O) groups excluding carboxylic acids is 1. The van der Waals surface area contributed by atoms with Gasteiger partial charge in [-0.15, -0.1) is 15.0 Å². The average Bonchev–Trinajstić information content (AvgIpc) is 2.97. The second kappa shape index (κ2) is 6.19. The number of benzene rings is 2. The van der Waals surface area contributed by atoms with Crippen LogP contribution < -0.4 is 4.90 Å². The van der Waals surface area contributed by atoms with E-state index < -0.39 is 5.97 Å². The van der Waals surface area contributed by atoms with Crippen molar-refractivity contribution in [3.63, 3.8) is 0 Å². The van der Waals surface area contributed by atoms with E-state index >= 15 is 0 Å². The van der Waals surface area contributed by atoms with Gasteiger partial charge in [0.05, 0.1) is 12.2 Å². The molecular weight excluding hydrogens is 308 g/mol. The van der Waals surface area contributed by atoms with Gasteiger partial charge in [0.2, 0.25) is 0 Å². The maximum atomic E-state index is 11.8. The lowest BCUT2D eigenvalue weighted by Crippen LogP contribution is -2.09. The van der Waals surface area contributed by atoms with Crippen LogP contribution in [-0.2, 0) is 4.74 Å². The molecular formula is C17H18N4O3. The van der Waals surface area contributed by atoms with E-state index in [0.717, 1.165) is 5.69 Å². The summed E-state index contributed by atoms with van der Waals surface area (Å²) < 4.78 is 4.98. The number of nitrogens with zero attached hydrogens (tertiary/aromatic N) is 4. The zero-order valence-electron chi connectivity index (χ0n) is 13.7. The number of phenols is 1. The van der Waals surface area contributed by atoms with Crippen molar-refractivity contribution in [2.24, 2.45) is 0 Å². The van der Waals surface area contributed by atoms with Crippen molar-refractivity contribution in [1.82, 2.24) is 15.0 Å². The van der Waals surface area contributed by atoms with E-state index in [4.69, 9.17) is 4.74 Å². The number of phenolic OH excluding ortho intramolecular Hbond substituents is 1. The van der Waals surface area contributed by atoms with Gasteiger partial charge in [-0.1, -0.05) is 0 Å². The van der Waals surface area contributed by atoms with Crippen LogP contribution in [0.15, 0.2) is 36.4 Å². The highest BCUT2D eigenvalue weighted by molar-refractivity contribution is 5.93. The van der Waals surface area contributed by atoms with E-state index in [1.807, 2.05) is 25.1 Å². The van der Waals surface area contributed by atoms with Crippen LogP contribution in [0.25, 0.3) is 16.7 Å². The molecule has 124 valence electrons. The van der Waals surface area contributed by atoms with Gasteiger partial charge in [-0.05, 0) is 37.3 Å². The Kier molecular flexibility index (Phi) is 4.07. The SMILES string of the molecule is CCOC(=O)c1ccc2nn(-c3ccc(N(C)C)cc3O)nc2c1. The minimum absolute atomic E-state index is 0.0760. The molecule has 0 aliphatic rings. The molecule has 7 nitrogen and oxygen atoms in total. The van der Waals surface area contributed by atoms with E-state index in [1.165, 1.54) is 4.80 Å². The van der Waals surface area contributed by atoms with Crippen LogP contribution in [0.4, 0.5) is 5.69 Å². The summed E-state index contributed by atoms with van der Waals surface area (Å²) >= 11 is 0. The molecule has 24 heavy (non-hydrogen) atoms. The van der Waals surface area contributed by atoms with Gasteiger partial charge in [0, 0.05) is 25.8 Å². The molecule has 2 aromatic carbocycles. The van der Waals surface area contributed by atoms with Gasteiger partial charge >= 0.3 is 5.97 Å². The Morgan fingerprint density at radius 1 is 1.17 bits per heavy atom. The molecule has 1 N–H and O–H groups in total. The Morgan fingerprint density at radius 3 is 2.58 bits per heavy atom. The normalized spacial score (nSPS) is 10.8. The van der Waals surface area contributed by atoms with Gasteiger partial charge < -0.3 is 14.7 Å². The molecule has 0 spiro atoms. The number of hydrogen-bond acceptors (Lipinski definition) is 6. The van der Waals surface area contributed by atoms with Gasteiger partial charge in [-0.2, -0.15) is 0 Å². The first-order valence-electron chi connectivity index (χ1n) is 7.54. The van der Waals surface area contributed by atoms with Gasteiger partial charge in [0.1, 0.15) is 22.5 Å². The number of esters is 1. The fourth-order valence-electron chi connectivity index (χ4n) is 2.32. The fraction of sp³-hybridized carbons (Fsp3) is 0.235. The molecule has 0 radical (unpaired) electrons. The standard InChI is InChI=1S/C17H18N4O3/c1-4-24-17(23)11-5-7-13-14(9-11)19-21(18-13)15-8-6-12(20(2)3)10-16(15)22/h5-10,22H,4H2,1-3H3. The molecule has 0 aliphatic heterocycles. The van der Waals surface area contributed by atoms with Crippen molar-refractivity contribution in [1.29, 1.82) is 0 Å². The van der Waals surface area contributed by atoms with Gasteiger partial charge in [0.15, 0.2) is 0 Å². The smallest absolute Gasteiger partial charge is 0.338 e. The Labute approximate surface area is 139 Å². The van der Waals surface area contributed by atoms with Crippen molar-refractivity contribution in [2.45, 2.75) is 6.92 Å². The predicted molar refractivity (Wildman–Crippen MR) is 90.8 cm³/mol. The second-order valence-electron chi connectivity index (χ2n) is 5.48. The summed E-state index contributed by atoms with van der Waals surface area (Å²) in [5.41, 5.74) is 2.94. The molecule has 1 aromatic heterocycles. The Balaban J connectivity index is 2.00. The molecule has 0 atom stereocenters. The summed E-state index contributed by atoms with van der Waals surface area (Å²) in [5.74, 6) is -0.320. The van der Waals surface area contributed by atoms with Crippen molar-refractivity contribution in [2.75, 3.05) is 25.6 Å². The molecule has 3 rings (SSSR count). The maximum Gasteiger partial charge on any atom is 0.338 e. The summed E-state index contributed by atoms with van der Waals surface area (Å²) in [5, 5.41) is 18.9. The number of ether oxygens (including phenoxy) is 1. The fourth-order valence-corrected chi connectivity index (χ4v) is 2.32. The second-order valence-corrected chi connectivity index (χ2v) is 5.48. The Bertz CT molecular complexity index is 902. The van der Waals surface area contributed by atoms with Gasteiger partial charge in [-0.25, -0.2) is 4.79 Å². The first-order chi connectivity index (χ1) is 11.5. The summed E-state index contributed by atoms with van der Waals surface area (Å²) in [7, 11) is 3.79. The molecule has 0 saturated heterocycles. The lowest BCUT2D eigenvalue weighted by molar-refractivity contribution is 0.0526. The zero-order valence-corrected chi connectivity index (χ0v) is 13.7. The molecule has 0 aliphatic carbocycles. The number of anilines is 1. The molecule has 1 heterocycles. The van der Waals surface area contributed by atoms with E-state index in [-0.39, 0.29) is 5.75 Å². The lowest BCUT2D eigenvalue weighted by Gasteiger charge is -2.13. The van der Waals surface area contributed by atoms with Crippen LogP contribution in [0.2, 0.25) is 0 Å². The van der Waals surface area contributed by atoms with Crippen molar-refractivity contribution in [3.05, 3.63) is 42.0 Å². The minimum Gasteiger partial charge on any atom is -0.506 e. The topological polar surface area (TPSA) is 80.5 Å². The number of aromatic nitrogens is 3. The van der Waals surface area contributed by atoms with E-state index in [9.17, 15) is 9.90 Å². The molecule has 0 unspecified atom stereocenters. The van der Waals surface area contributed by atoms with Crippen LogP contribution in [0.5, 0.6) is 5.75 Å². The van der Waals surface area contributed by atoms with Crippen LogP contribution in [0.1, 0.15) is 17.3 Å². The largest absolute Gasteiger partial charge is 0.506 e. The third kappa shape index (κ3) is 2.88. The quantitative estimate of drug-likeness (QED) is 0.741. The van der Waals surface area contributed by atoms with Crippen LogP contribution in [0, 0.1) is 0 Å². The van der Waals surface area contributed by atoms with E-state index in [0.29, 0.717) is 28.9 Å². The summed E-state index contributed by atoms with van der Waals surface area (Å²) in [6.07, 6.45) is 0. The van der Waals surface area contributed by atoms with Crippen LogP contribution in [0.3, 0.4) is 0 Å². The third-order valence-corrected chi connectivity index (χ3v) is 3.58. The van der Waals surface area contributed by atoms with Crippen molar-refractivity contribution >= 4 is 22.7 Å². The highest BCUT2D eigenvalue weighted by Crippen LogP contribution is 2.26. The van der Waals surface area contributed by atoms with E-state index in [1.54, 1.807) is 37.3 Å². The lowest BCUT2D eigenvalue weighted by atomic mass is 10.2. The summed E-state index contributed by atoms with van der Waals surface area (Å²) in [6.45, 7) is 2.07. The van der Waals surface area contributed by atoms with Crippen molar-refractivity contribution < 1.29 is 14.6 Å². The van der Waals surface area contributed by atoms with Crippen molar-refractivity contribution in [3.8, 4) is 11.4 Å². The van der Waals surface area contributed by atoms with E-state index in [2.05, 4.69) is 10.2 Å². The molecule has 3 aromatic rings. The Hall–Kier alpha value is -3.09. The first-order valence-corrected chi connectivity index (χ1v) is 7.54. The number of aromatic hydroxyl groups is 1. The molecule has 0 bridgehead atoms. The zero-order chi connectivity index (χ0) is 17.3. The minimum atomic E-state index is -0.396. The average molecular weight is 326 g/mol. The Morgan fingerprint density at radius 2 is 1.92 bits per heavy atom. The predicted octanol–water partition coefficient (Wildman–Crippen LogP) is 2.37. The summed E-state index contributed by atoms with van der Waals surface area (Å²) in [4.78, 5) is 15.0. The van der Waals surface area contributed by atoms with Gasteiger partial charge in [-0.3, -0.25) is 0 Å². The first kappa shape index (κ1) is 15.8. The van der Waals surface area contributed by atoms with Crippen LogP contribution in [-0.4, -0.2) is 46.8 Å². The third-order valence-electron chi connectivity index (χ3n) is 3.58.